The first-order chi connectivity index (χ1) is 21.0. The molecule has 12 heteroatoms. The normalized spacial score (nSPS) is 20.0. The van der Waals surface area contributed by atoms with Crippen molar-refractivity contribution in [1.82, 2.24) is 29.8 Å². The zero-order chi connectivity index (χ0) is 29.8. The minimum absolute atomic E-state index is 0.0450. The summed E-state index contributed by atoms with van der Waals surface area (Å²) < 4.78 is 7.17. The first-order valence-corrected chi connectivity index (χ1v) is 13.9. The molecule has 1 saturated heterocycles. The van der Waals surface area contributed by atoms with Gasteiger partial charge in [0.1, 0.15) is 18.3 Å². The van der Waals surface area contributed by atoms with E-state index in [9.17, 15) is 20.1 Å². The van der Waals surface area contributed by atoms with Gasteiger partial charge in [0.2, 0.25) is 5.82 Å². The Morgan fingerprint density at radius 1 is 0.907 bits per heavy atom. The quantitative estimate of drug-likeness (QED) is 0.165. The molecule has 0 spiro atoms. The van der Waals surface area contributed by atoms with Crippen LogP contribution in [0.2, 0.25) is 0 Å². The van der Waals surface area contributed by atoms with Crippen LogP contribution in [0.3, 0.4) is 0 Å². The fourth-order valence-corrected chi connectivity index (χ4v) is 5.19. The van der Waals surface area contributed by atoms with Gasteiger partial charge in [-0.2, -0.15) is 0 Å². The average Bonchev–Trinajstić information content (AvgIpc) is 3.61. The van der Waals surface area contributed by atoms with Crippen molar-refractivity contribution in [2.24, 2.45) is 0 Å². The number of hydrogen-bond acceptors (Lipinski definition) is 10. The van der Waals surface area contributed by atoms with E-state index in [0.29, 0.717) is 23.6 Å². The summed E-state index contributed by atoms with van der Waals surface area (Å²) in [6, 6.07) is 25.5. The number of pyridine rings is 1. The Morgan fingerprint density at radius 2 is 1.60 bits per heavy atom. The molecule has 1 aliphatic rings. The standard InChI is InChI=1S/C31H31N7O5/c39-17-23-25(40)26(41)31(43-23)38-18-35-24-27(33-16-22(19-9-3-1-4-10-19)20-11-5-2-6-12-20)36-28(37-29(24)38)30(42)34-15-21-13-7-8-14-32-21/h1-14,18,22-23,25-26,31,39-41H,15-17H2,(H,34,42)(H,33,36,37)/t23-,25-,26+,31-/m1/s1. The molecule has 6 rings (SSSR count). The van der Waals surface area contributed by atoms with Gasteiger partial charge >= 0.3 is 0 Å². The van der Waals surface area contributed by atoms with Crippen LogP contribution in [-0.2, 0) is 11.3 Å². The molecule has 0 radical (unpaired) electrons. The van der Waals surface area contributed by atoms with Gasteiger partial charge < -0.3 is 30.7 Å². The van der Waals surface area contributed by atoms with Gasteiger partial charge in [-0.25, -0.2) is 15.0 Å². The number of carbonyl (C=O) groups excluding carboxylic acids is 1. The third-order valence-corrected chi connectivity index (χ3v) is 7.45. The van der Waals surface area contributed by atoms with E-state index in [-0.39, 0.29) is 23.9 Å². The van der Waals surface area contributed by atoms with Gasteiger partial charge in [-0.1, -0.05) is 66.7 Å². The maximum absolute atomic E-state index is 13.3. The first-order valence-electron chi connectivity index (χ1n) is 13.9. The number of anilines is 1. The van der Waals surface area contributed by atoms with Gasteiger partial charge in [-0.15, -0.1) is 0 Å². The van der Waals surface area contributed by atoms with Crippen molar-refractivity contribution in [2.75, 3.05) is 18.5 Å². The lowest BCUT2D eigenvalue weighted by atomic mass is 9.91. The highest BCUT2D eigenvalue weighted by molar-refractivity contribution is 5.94. The Hall–Kier alpha value is -4.75. The lowest BCUT2D eigenvalue weighted by Crippen LogP contribution is -2.33. The topological polar surface area (TPSA) is 168 Å². The summed E-state index contributed by atoms with van der Waals surface area (Å²) in [6.45, 7) is 0.114. The van der Waals surface area contributed by atoms with Crippen LogP contribution in [0, 0.1) is 0 Å². The summed E-state index contributed by atoms with van der Waals surface area (Å²) in [5.74, 6) is -0.394. The lowest BCUT2D eigenvalue weighted by molar-refractivity contribution is -0.0511. The molecule has 1 aliphatic heterocycles. The van der Waals surface area contributed by atoms with Crippen molar-refractivity contribution >= 4 is 22.9 Å². The highest BCUT2D eigenvalue weighted by atomic mass is 16.6. The summed E-state index contributed by atoms with van der Waals surface area (Å²) in [7, 11) is 0. The molecule has 1 amide bonds. The maximum atomic E-state index is 13.3. The maximum Gasteiger partial charge on any atom is 0.289 e. The van der Waals surface area contributed by atoms with Crippen molar-refractivity contribution in [3.05, 3.63) is 114 Å². The van der Waals surface area contributed by atoms with Crippen LogP contribution in [0.25, 0.3) is 11.2 Å². The number of fused-ring (bicyclic) bond motifs is 1. The number of hydrogen-bond donors (Lipinski definition) is 5. The molecule has 220 valence electrons. The zero-order valence-electron chi connectivity index (χ0n) is 23.1. The average molecular weight is 582 g/mol. The van der Waals surface area contributed by atoms with E-state index >= 15 is 0 Å². The summed E-state index contributed by atoms with van der Waals surface area (Å²) in [5.41, 5.74) is 3.42. The molecular weight excluding hydrogens is 550 g/mol. The second-order valence-electron chi connectivity index (χ2n) is 10.2. The van der Waals surface area contributed by atoms with Gasteiger partial charge in [0, 0.05) is 18.7 Å². The van der Waals surface area contributed by atoms with Crippen molar-refractivity contribution in [3.8, 4) is 0 Å². The fraction of sp³-hybridized carbons (Fsp3) is 0.258. The van der Waals surface area contributed by atoms with Crippen molar-refractivity contribution in [2.45, 2.75) is 37.0 Å². The monoisotopic (exact) mass is 581 g/mol. The number of ether oxygens (including phenoxy) is 1. The number of aliphatic hydroxyl groups is 3. The molecule has 43 heavy (non-hydrogen) atoms. The van der Waals surface area contributed by atoms with Crippen LogP contribution in [0.15, 0.2) is 91.4 Å². The summed E-state index contributed by atoms with van der Waals surface area (Å²) >= 11 is 0. The van der Waals surface area contributed by atoms with Crippen LogP contribution in [0.1, 0.15) is 39.6 Å². The summed E-state index contributed by atoms with van der Waals surface area (Å²) in [4.78, 5) is 31.1. The Balaban J connectivity index is 1.36. The lowest BCUT2D eigenvalue weighted by Gasteiger charge is -2.20. The fourth-order valence-electron chi connectivity index (χ4n) is 5.19. The Morgan fingerprint density at radius 3 is 2.23 bits per heavy atom. The van der Waals surface area contributed by atoms with Crippen LogP contribution in [0.5, 0.6) is 0 Å². The van der Waals surface area contributed by atoms with Crippen LogP contribution < -0.4 is 10.6 Å². The third kappa shape index (κ3) is 5.94. The molecule has 5 N–H and O–H groups in total. The number of aliphatic hydroxyl groups excluding tert-OH is 3. The molecule has 3 aromatic heterocycles. The predicted octanol–water partition coefficient (Wildman–Crippen LogP) is 2.01. The van der Waals surface area contributed by atoms with E-state index in [1.54, 1.807) is 18.3 Å². The number of carbonyl (C=O) groups is 1. The Labute approximate surface area is 247 Å². The van der Waals surface area contributed by atoms with Crippen molar-refractivity contribution in [3.63, 3.8) is 0 Å². The van der Waals surface area contributed by atoms with Gasteiger partial charge in [0.05, 0.1) is 25.2 Å². The molecule has 0 saturated carbocycles. The van der Waals surface area contributed by atoms with Crippen LogP contribution >= 0.6 is 0 Å². The number of benzene rings is 2. The minimum atomic E-state index is -1.36. The molecule has 0 bridgehead atoms. The van der Waals surface area contributed by atoms with Gasteiger partial charge in [-0.3, -0.25) is 14.3 Å². The second-order valence-corrected chi connectivity index (χ2v) is 10.2. The molecule has 2 aromatic carbocycles. The summed E-state index contributed by atoms with van der Waals surface area (Å²) in [5, 5.41) is 36.8. The first kappa shape index (κ1) is 28.4. The van der Waals surface area contributed by atoms with Gasteiger partial charge in [-0.05, 0) is 23.3 Å². The number of amides is 1. The van der Waals surface area contributed by atoms with E-state index in [1.165, 1.54) is 10.9 Å². The number of nitrogens with zero attached hydrogens (tertiary/aromatic N) is 5. The minimum Gasteiger partial charge on any atom is -0.394 e. The van der Waals surface area contributed by atoms with E-state index in [1.807, 2.05) is 42.5 Å². The highest BCUT2D eigenvalue weighted by Gasteiger charge is 2.44. The summed E-state index contributed by atoms with van der Waals surface area (Å²) in [6.07, 6.45) is -1.71. The van der Waals surface area contributed by atoms with E-state index in [2.05, 4.69) is 54.8 Å². The van der Waals surface area contributed by atoms with Crippen molar-refractivity contribution in [1.29, 1.82) is 0 Å². The van der Waals surface area contributed by atoms with E-state index in [0.717, 1.165) is 11.1 Å². The zero-order valence-corrected chi connectivity index (χ0v) is 23.1. The number of imidazole rings is 1. The Bertz CT molecular complexity index is 1630. The SMILES string of the molecule is O=C(NCc1ccccn1)c1nc(NCC(c2ccccc2)c2ccccc2)c2ncn([C@@H]3O[C@H](CO)[C@@H](O)[C@@H]3O)c2n1. The predicted molar refractivity (Wildman–Crippen MR) is 157 cm³/mol. The number of aromatic nitrogens is 5. The largest absolute Gasteiger partial charge is 0.394 e. The van der Waals surface area contributed by atoms with Gasteiger partial charge in [0.25, 0.3) is 5.91 Å². The van der Waals surface area contributed by atoms with E-state index in [4.69, 9.17) is 4.74 Å². The molecule has 4 heterocycles. The smallest absolute Gasteiger partial charge is 0.289 e. The molecule has 12 nitrogen and oxygen atoms in total. The number of rotatable bonds is 10. The van der Waals surface area contributed by atoms with E-state index < -0.39 is 37.1 Å². The molecule has 0 aliphatic carbocycles. The third-order valence-electron chi connectivity index (χ3n) is 7.45. The van der Waals surface area contributed by atoms with Crippen molar-refractivity contribution < 1.29 is 24.9 Å². The second kappa shape index (κ2) is 12.6. The highest BCUT2D eigenvalue weighted by Crippen LogP contribution is 2.33. The Kier molecular flexibility index (Phi) is 8.34. The van der Waals surface area contributed by atoms with Crippen LogP contribution in [-0.4, -0.2) is 77.2 Å². The molecular formula is C31H31N7O5. The van der Waals surface area contributed by atoms with Crippen LogP contribution in [0.4, 0.5) is 5.82 Å². The molecule has 4 atom stereocenters. The number of nitrogens with one attached hydrogen (secondary N) is 2. The molecule has 5 aromatic rings. The molecule has 1 fully saturated rings. The van der Waals surface area contributed by atoms with Gasteiger partial charge in [0.15, 0.2) is 23.2 Å². The molecule has 0 unspecified atom stereocenters.